The summed E-state index contributed by atoms with van der Waals surface area (Å²) in [6.45, 7) is 1.92. The van der Waals surface area contributed by atoms with E-state index in [-0.39, 0.29) is 0 Å². The fourth-order valence-electron chi connectivity index (χ4n) is 2.18. The summed E-state index contributed by atoms with van der Waals surface area (Å²) in [6, 6.07) is 8.95. The standard InChI is InChI=1S/C16H16BrClO3/c1-9-6-14(20-2)15(21-3)8-11(9)16(19)12-7-10(18)4-5-13(12)17/h4-8,16,19H,1-3H3. The Morgan fingerprint density at radius 2 is 1.67 bits per heavy atom. The molecule has 112 valence electrons. The fourth-order valence-corrected chi connectivity index (χ4v) is 2.83. The SMILES string of the molecule is COc1cc(C)c(C(O)c2cc(Cl)ccc2Br)cc1OC. The predicted molar refractivity (Wildman–Crippen MR) is 87.5 cm³/mol. The first-order valence-corrected chi connectivity index (χ1v) is 7.50. The van der Waals surface area contributed by atoms with Crippen molar-refractivity contribution in [2.75, 3.05) is 14.2 Å². The van der Waals surface area contributed by atoms with Crippen molar-refractivity contribution >= 4 is 27.5 Å². The molecule has 1 unspecified atom stereocenters. The van der Waals surface area contributed by atoms with Crippen molar-refractivity contribution in [3.8, 4) is 11.5 Å². The third kappa shape index (κ3) is 3.34. The van der Waals surface area contributed by atoms with Crippen LogP contribution in [-0.4, -0.2) is 19.3 Å². The zero-order valence-corrected chi connectivity index (χ0v) is 14.3. The summed E-state index contributed by atoms with van der Waals surface area (Å²) in [5.74, 6) is 1.21. The Morgan fingerprint density at radius 1 is 1.05 bits per heavy atom. The topological polar surface area (TPSA) is 38.7 Å². The Morgan fingerprint density at radius 3 is 2.29 bits per heavy atom. The van der Waals surface area contributed by atoms with Crippen LogP contribution in [0.5, 0.6) is 11.5 Å². The van der Waals surface area contributed by atoms with Gasteiger partial charge in [0.1, 0.15) is 6.10 Å². The molecule has 0 aliphatic heterocycles. The summed E-state index contributed by atoms with van der Waals surface area (Å²) >= 11 is 9.46. The first kappa shape index (κ1) is 16.1. The van der Waals surface area contributed by atoms with Gasteiger partial charge in [0.05, 0.1) is 14.2 Å². The number of hydrogen-bond acceptors (Lipinski definition) is 3. The first-order valence-electron chi connectivity index (χ1n) is 6.33. The quantitative estimate of drug-likeness (QED) is 0.859. The maximum absolute atomic E-state index is 10.7. The summed E-state index contributed by atoms with van der Waals surface area (Å²) in [6.07, 6.45) is -0.808. The minimum absolute atomic E-state index is 0.574. The molecule has 21 heavy (non-hydrogen) atoms. The van der Waals surface area contributed by atoms with Crippen LogP contribution in [0.4, 0.5) is 0 Å². The minimum Gasteiger partial charge on any atom is -0.493 e. The van der Waals surface area contributed by atoms with Gasteiger partial charge in [-0.15, -0.1) is 0 Å². The molecule has 1 atom stereocenters. The Bertz CT molecular complexity index is 658. The molecular weight excluding hydrogens is 356 g/mol. The van der Waals surface area contributed by atoms with Gasteiger partial charge < -0.3 is 14.6 Å². The van der Waals surface area contributed by atoms with Gasteiger partial charge in [-0.3, -0.25) is 0 Å². The molecule has 0 heterocycles. The van der Waals surface area contributed by atoms with Crippen LogP contribution in [0.15, 0.2) is 34.8 Å². The number of aliphatic hydroxyl groups excluding tert-OH is 1. The van der Waals surface area contributed by atoms with Crippen molar-refractivity contribution in [2.45, 2.75) is 13.0 Å². The van der Waals surface area contributed by atoms with E-state index in [0.29, 0.717) is 22.1 Å². The zero-order valence-electron chi connectivity index (χ0n) is 12.0. The van der Waals surface area contributed by atoms with Crippen LogP contribution in [-0.2, 0) is 0 Å². The Kier molecular flexibility index (Phi) is 5.14. The molecule has 0 radical (unpaired) electrons. The lowest BCUT2D eigenvalue weighted by atomic mass is 9.97. The number of hydrogen-bond donors (Lipinski definition) is 1. The van der Waals surface area contributed by atoms with Crippen LogP contribution in [0.2, 0.25) is 5.02 Å². The number of aliphatic hydroxyl groups is 1. The Balaban J connectivity index is 2.52. The van der Waals surface area contributed by atoms with Crippen molar-refractivity contribution in [3.05, 3.63) is 56.5 Å². The van der Waals surface area contributed by atoms with Crippen molar-refractivity contribution in [2.24, 2.45) is 0 Å². The second kappa shape index (κ2) is 6.69. The summed E-state index contributed by atoms with van der Waals surface area (Å²) in [5, 5.41) is 11.3. The van der Waals surface area contributed by atoms with Gasteiger partial charge in [-0.2, -0.15) is 0 Å². The molecule has 0 fully saturated rings. The highest BCUT2D eigenvalue weighted by Crippen LogP contribution is 2.37. The van der Waals surface area contributed by atoms with Crippen LogP contribution in [0.25, 0.3) is 0 Å². The van der Waals surface area contributed by atoms with E-state index in [9.17, 15) is 5.11 Å². The van der Waals surface area contributed by atoms with Gasteiger partial charge >= 0.3 is 0 Å². The van der Waals surface area contributed by atoms with Gasteiger partial charge in [-0.05, 0) is 48.4 Å². The van der Waals surface area contributed by atoms with E-state index in [4.69, 9.17) is 21.1 Å². The zero-order chi connectivity index (χ0) is 15.6. The molecule has 2 rings (SSSR count). The molecular formula is C16H16BrClO3. The van der Waals surface area contributed by atoms with Crippen LogP contribution in [0.3, 0.4) is 0 Å². The van der Waals surface area contributed by atoms with E-state index in [2.05, 4.69) is 15.9 Å². The molecule has 0 aliphatic carbocycles. The molecule has 3 nitrogen and oxygen atoms in total. The average molecular weight is 372 g/mol. The van der Waals surface area contributed by atoms with E-state index in [1.54, 1.807) is 32.4 Å². The number of aryl methyl sites for hydroxylation is 1. The fraction of sp³-hybridized carbons (Fsp3) is 0.250. The largest absolute Gasteiger partial charge is 0.493 e. The minimum atomic E-state index is -0.808. The number of ether oxygens (including phenoxy) is 2. The number of halogens is 2. The van der Waals surface area contributed by atoms with Crippen LogP contribution < -0.4 is 9.47 Å². The normalized spacial score (nSPS) is 12.1. The monoisotopic (exact) mass is 370 g/mol. The van der Waals surface area contributed by atoms with E-state index in [1.807, 2.05) is 19.1 Å². The van der Waals surface area contributed by atoms with Crippen LogP contribution >= 0.6 is 27.5 Å². The van der Waals surface area contributed by atoms with Crippen molar-refractivity contribution < 1.29 is 14.6 Å². The molecule has 0 saturated carbocycles. The third-order valence-electron chi connectivity index (χ3n) is 3.32. The summed E-state index contributed by atoms with van der Waals surface area (Å²) in [4.78, 5) is 0. The predicted octanol–water partition coefficient (Wildman–Crippen LogP) is 4.51. The second-order valence-corrected chi connectivity index (χ2v) is 5.92. The average Bonchev–Trinajstić information content (AvgIpc) is 2.48. The third-order valence-corrected chi connectivity index (χ3v) is 4.28. The molecule has 2 aromatic rings. The summed E-state index contributed by atoms with van der Waals surface area (Å²) in [7, 11) is 3.15. The molecule has 1 N–H and O–H groups in total. The maximum Gasteiger partial charge on any atom is 0.161 e. The second-order valence-electron chi connectivity index (χ2n) is 4.63. The van der Waals surface area contributed by atoms with E-state index < -0.39 is 6.10 Å². The van der Waals surface area contributed by atoms with Crippen molar-refractivity contribution in [1.82, 2.24) is 0 Å². The van der Waals surface area contributed by atoms with Crippen LogP contribution in [0.1, 0.15) is 22.8 Å². The van der Waals surface area contributed by atoms with Crippen molar-refractivity contribution in [3.63, 3.8) is 0 Å². The molecule has 0 spiro atoms. The van der Waals surface area contributed by atoms with Gasteiger partial charge in [-0.25, -0.2) is 0 Å². The lowest BCUT2D eigenvalue weighted by Gasteiger charge is -2.18. The smallest absolute Gasteiger partial charge is 0.161 e. The number of benzene rings is 2. The number of rotatable bonds is 4. The van der Waals surface area contributed by atoms with Gasteiger partial charge in [0, 0.05) is 15.1 Å². The molecule has 0 aliphatic rings. The van der Waals surface area contributed by atoms with Gasteiger partial charge in [0.15, 0.2) is 11.5 Å². The maximum atomic E-state index is 10.7. The van der Waals surface area contributed by atoms with Gasteiger partial charge in [0.2, 0.25) is 0 Å². The Labute approximate surface area is 137 Å². The van der Waals surface area contributed by atoms with Crippen LogP contribution in [0, 0.1) is 6.92 Å². The van der Waals surface area contributed by atoms with Gasteiger partial charge in [0.25, 0.3) is 0 Å². The van der Waals surface area contributed by atoms with E-state index >= 15 is 0 Å². The Hall–Kier alpha value is -1.23. The summed E-state index contributed by atoms with van der Waals surface area (Å²) in [5.41, 5.74) is 2.36. The van der Waals surface area contributed by atoms with Crippen molar-refractivity contribution in [1.29, 1.82) is 0 Å². The molecule has 0 bridgehead atoms. The summed E-state index contributed by atoms with van der Waals surface area (Å²) < 4.78 is 11.4. The highest BCUT2D eigenvalue weighted by atomic mass is 79.9. The highest BCUT2D eigenvalue weighted by Gasteiger charge is 2.19. The lowest BCUT2D eigenvalue weighted by molar-refractivity contribution is 0.218. The van der Waals surface area contributed by atoms with Gasteiger partial charge in [-0.1, -0.05) is 27.5 Å². The highest BCUT2D eigenvalue weighted by molar-refractivity contribution is 9.10. The number of methoxy groups -OCH3 is 2. The molecule has 2 aromatic carbocycles. The lowest BCUT2D eigenvalue weighted by Crippen LogP contribution is -2.04. The molecule has 5 heteroatoms. The first-order chi connectivity index (χ1) is 9.97. The van der Waals surface area contributed by atoms with E-state index in [0.717, 1.165) is 15.6 Å². The molecule has 0 saturated heterocycles. The molecule has 0 amide bonds. The van der Waals surface area contributed by atoms with E-state index in [1.165, 1.54) is 0 Å². The molecule has 0 aromatic heterocycles.